The van der Waals surface area contributed by atoms with Crippen molar-refractivity contribution in [2.24, 2.45) is 5.92 Å². The van der Waals surface area contributed by atoms with Crippen molar-refractivity contribution in [3.8, 4) is 0 Å². The van der Waals surface area contributed by atoms with E-state index in [0.29, 0.717) is 18.8 Å². The third-order valence-electron chi connectivity index (χ3n) is 3.79. The Kier molecular flexibility index (Phi) is 4.74. The van der Waals surface area contributed by atoms with Crippen LogP contribution in [0.5, 0.6) is 0 Å². The average molecular weight is 293 g/mol. The summed E-state index contributed by atoms with van der Waals surface area (Å²) in [5.41, 5.74) is 0.288. The van der Waals surface area contributed by atoms with E-state index in [2.05, 4.69) is 5.32 Å². The van der Waals surface area contributed by atoms with Crippen molar-refractivity contribution in [2.75, 3.05) is 25.0 Å². The van der Waals surface area contributed by atoms with Crippen LogP contribution in [0.25, 0.3) is 0 Å². The van der Waals surface area contributed by atoms with Crippen LogP contribution in [0, 0.1) is 16.0 Å². The second-order valence-electron chi connectivity index (χ2n) is 5.26. The second-order valence-corrected chi connectivity index (χ2v) is 5.26. The van der Waals surface area contributed by atoms with Gasteiger partial charge in [-0.15, -0.1) is 0 Å². The smallest absolute Gasteiger partial charge is 0.292 e. The van der Waals surface area contributed by atoms with E-state index >= 15 is 0 Å². The lowest BCUT2D eigenvalue weighted by atomic mass is 10.0. The van der Waals surface area contributed by atoms with Crippen LogP contribution in [0.2, 0.25) is 0 Å². The van der Waals surface area contributed by atoms with E-state index in [0.717, 1.165) is 6.42 Å². The molecule has 0 saturated carbocycles. The van der Waals surface area contributed by atoms with E-state index in [-0.39, 0.29) is 24.1 Å². The maximum absolute atomic E-state index is 12.1. The molecule has 7 heteroatoms. The number of carbonyl (C=O) groups excluding carboxylic acids is 1. The van der Waals surface area contributed by atoms with Gasteiger partial charge >= 0.3 is 0 Å². The fourth-order valence-electron chi connectivity index (χ4n) is 2.47. The molecule has 1 aliphatic heterocycles. The molecule has 114 valence electrons. The number of aliphatic hydroxyl groups excluding tert-OH is 1. The average Bonchev–Trinajstić information content (AvgIpc) is 2.95. The Morgan fingerprint density at radius 2 is 2.29 bits per heavy atom. The molecule has 1 aromatic rings. The zero-order valence-electron chi connectivity index (χ0n) is 11.9. The van der Waals surface area contributed by atoms with Crippen LogP contribution in [0.4, 0.5) is 11.4 Å². The van der Waals surface area contributed by atoms with Gasteiger partial charge in [0.25, 0.3) is 5.69 Å². The van der Waals surface area contributed by atoms with Crippen molar-refractivity contribution >= 4 is 17.3 Å². The van der Waals surface area contributed by atoms with Gasteiger partial charge in [0, 0.05) is 25.1 Å². The van der Waals surface area contributed by atoms with E-state index < -0.39 is 11.0 Å². The monoisotopic (exact) mass is 293 g/mol. The summed E-state index contributed by atoms with van der Waals surface area (Å²) in [5.74, 6) is -0.00341. The molecule has 0 aliphatic carbocycles. The maximum atomic E-state index is 12.1. The number of rotatable bonds is 5. The van der Waals surface area contributed by atoms with Crippen LogP contribution in [-0.2, 0) is 4.79 Å². The summed E-state index contributed by atoms with van der Waals surface area (Å²) >= 11 is 0. The summed E-state index contributed by atoms with van der Waals surface area (Å²) in [6, 6.07) is 6.23. The molecule has 21 heavy (non-hydrogen) atoms. The highest BCUT2D eigenvalue weighted by molar-refractivity contribution is 5.82. The molecule has 7 nitrogen and oxygen atoms in total. The van der Waals surface area contributed by atoms with E-state index in [1.165, 1.54) is 6.07 Å². The van der Waals surface area contributed by atoms with Gasteiger partial charge in [-0.1, -0.05) is 12.1 Å². The van der Waals surface area contributed by atoms with Crippen LogP contribution in [0.3, 0.4) is 0 Å². The number of nitro groups is 1. The summed E-state index contributed by atoms with van der Waals surface area (Å²) in [5, 5.41) is 23.2. The van der Waals surface area contributed by atoms with Crippen LogP contribution < -0.4 is 5.32 Å². The molecule has 1 saturated heterocycles. The maximum Gasteiger partial charge on any atom is 0.292 e. The highest BCUT2D eigenvalue weighted by Gasteiger charge is 2.28. The number of likely N-dealkylation sites (tertiary alicyclic amines) is 1. The van der Waals surface area contributed by atoms with Crippen molar-refractivity contribution in [1.82, 2.24) is 4.90 Å². The lowest BCUT2D eigenvalue weighted by Gasteiger charge is -2.18. The van der Waals surface area contributed by atoms with Gasteiger partial charge in [-0.25, -0.2) is 0 Å². The minimum Gasteiger partial charge on any atom is -0.393 e. The molecular formula is C14H19N3O4. The van der Waals surface area contributed by atoms with Crippen LogP contribution in [0.1, 0.15) is 13.3 Å². The first-order valence-corrected chi connectivity index (χ1v) is 6.92. The standard InChI is InChI=1S/C14H19N3O4/c1-10(18)11-6-7-16(9-11)14(19)8-15-12-4-2-3-5-13(12)17(20)21/h2-5,10-11,15,18H,6-9H2,1H3. The normalized spacial score (nSPS) is 19.3. The van der Waals surface area contributed by atoms with Crippen molar-refractivity contribution in [3.05, 3.63) is 34.4 Å². The number of nitro benzene ring substituents is 1. The van der Waals surface area contributed by atoms with Gasteiger partial charge in [0.05, 0.1) is 17.6 Å². The van der Waals surface area contributed by atoms with Crippen molar-refractivity contribution in [3.63, 3.8) is 0 Å². The van der Waals surface area contributed by atoms with Gasteiger partial charge < -0.3 is 15.3 Å². The van der Waals surface area contributed by atoms with Gasteiger partial charge in [-0.3, -0.25) is 14.9 Å². The number of para-hydroxylation sites is 2. The minimum absolute atomic E-state index is 0.0113. The van der Waals surface area contributed by atoms with Crippen LogP contribution in [-0.4, -0.2) is 46.6 Å². The molecule has 1 heterocycles. The fourth-order valence-corrected chi connectivity index (χ4v) is 2.47. The lowest BCUT2D eigenvalue weighted by Crippen LogP contribution is -2.34. The molecule has 2 atom stereocenters. The van der Waals surface area contributed by atoms with Gasteiger partial charge in [-0.05, 0) is 19.4 Å². The molecule has 0 radical (unpaired) electrons. The Morgan fingerprint density at radius 1 is 1.57 bits per heavy atom. The zero-order chi connectivity index (χ0) is 15.4. The summed E-state index contributed by atoms with van der Waals surface area (Å²) < 4.78 is 0. The molecule has 1 amide bonds. The van der Waals surface area contributed by atoms with E-state index in [9.17, 15) is 20.0 Å². The number of nitrogens with zero attached hydrogens (tertiary/aromatic N) is 2. The summed E-state index contributed by atoms with van der Waals surface area (Å²) in [4.78, 5) is 24.2. The molecule has 1 aromatic carbocycles. The molecular weight excluding hydrogens is 274 g/mol. The van der Waals surface area contributed by atoms with E-state index in [4.69, 9.17) is 0 Å². The molecule has 2 rings (SSSR count). The number of hydrogen-bond donors (Lipinski definition) is 2. The predicted molar refractivity (Wildman–Crippen MR) is 78.0 cm³/mol. The molecule has 0 aromatic heterocycles. The Hall–Kier alpha value is -2.15. The highest BCUT2D eigenvalue weighted by Crippen LogP contribution is 2.23. The number of anilines is 1. The highest BCUT2D eigenvalue weighted by atomic mass is 16.6. The van der Waals surface area contributed by atoms with Gasteiger partial charge in [0.1, 0.15) is 5.69 Å². The lowest BCUT2D eigenvalue weighted by molar-refractivity contribution is -0.383. The SMILES string of the molecule is CC(O)C1CCN(C(=O)CNc2ccccc2[N+](=O)[O-])C1. The number of carbonyl (C=O) groups is 1. The quantitative estimate of drug-likeness (QED) is 0.629. The second kappa shape index (κ2) is 6.53. The summed E-state index contributed by atoms with van der Waals surface area (Å²) in [7, 11) is 0. The Labute approximate surface area is 122 Å². The fraction of sp³-hybridized carbons (Fsp3) is 0.500. The third-order valence-corrected chi connectivity index (χ3v) is 3.79. The molecule has 2 N–H and O–H groups in total. The first kappa shape index (κ1) is 15.2. The molecule has 1 aliphatic rings. The van der Waals surface area contributed by atoms with Crippen molar-refractivity contribution < 1.29 is 14.8 Å². The van der Waals surface area contributed by atoms with Crippen molar-refractivity contribution in [1.29, 1.82) is 0 Å². The van der Waals surface area contributed by atoms with E-state index in [1.54, 1.807) is 30.0 Å². The van der Waals surface area contributed by atoms with E-state index in [1.807, 2.05) is 0 Å². The topological polar surface area (TPSA) is 95.7 Å². The first-order valence-electron chi connectivity index (χ1n) is 6.92. The van der Waals surface area contributed by atoms with Gasteiger partial charge in [0.15, 0.2) is 0 Å². The van der Waals surface area contributed by atoms with Gasteiger partial charge in [0.2, 0.25) is 5.91 Å². The third kappa shape index (κ3) is 3.69. The van der Waals surface area contributed by atoms with Crippen LogP contribution in [0.15, 0.2) is 24.3 Å². The molecule has 2 unspecified atom stereocenters. The molecule has 0 spiro atoms. The van der Waals surface area contributed by atoms with Gasteiger partial charge in [-0.2, -0.15) is 0 Å². The first-order chi connectivity index (χ1) is 9.99. The number of aliphatic hydroxyl groups is 1. The molecule has 1 fully saturated rings. The van der Waals surface area contributed by atoms with Crippen molar-refractivity contribution in [2.45, 2.75) is 19.4 Å². The number of amides is 1. The summed E-state index contributed by atoms with van der Waals surface area (Å²) in [6.45, 7) is 2.89. The number of nitrogens with one attached hydrogen (secondary N) is 1. The number of benzene rings is 1. The number of hydrogen-bond acceptors (Lipinski definition) is 5. The van der Waals surface area contributed by atoms with Crippen LogP contribution >= 0.6 is 0 Å². The Morgan fingerprint density at radius 3 is 2.90 bits per heavy atom. The largest absolute Gasteiger partial charge is 0.393 e. The predicted octanol–water partition coefficient (Wildman–Crippen LogP) is 1.24. The Balaban J connectivity index is 1.92. The minimum atomic E-state index is -0.480. The molecule has 0 bridgehead atoms. The Bertz CT molecular complexity index is 533. The summed E-state index contributed by atoms with van der Waals surface area (Å²) in [6.07, 6.45) is 0.362. The zero-order valence-corrected chi connectivity index (χ0v) is 11.9.